The first-order chi connectivity index (χ1) is 7.53. The van der Waals surface area contributed by atoms with Crippen LogP contribution in [0, 0.1) is 11.3 Å². The molecule has 1 aromatic heterocycles. The van der Waals surface area contributed by atoms with Crippen molar-refractivity contribution in [1.82, 2.24) is 4.98 Å². The highest BCUT2D eigenvalue weighted by atomic mass is 35.5. The minimum Gasteiger partial charge on any atom is -0.394 e. The van der Waals surface area contributed by atoms with Gasteiger partial charge in [0, 0.05) is 0 Å². The van der Waals surface area contributed by atoms with Crippen LogP contribution in [0.25, 0.3) is 0 Å². The Hall–Kier alpha value is -1.35. The van der Waals surface area contributed by atoms with Gasteiger partial charge in [-0.3, -0.25) is 0 Å². The van der Waals surface area contributed by atoms with Crippen molar-refractivity contribution in [2.45, 2.75) is 12.5 Å². The molecule has 0 aliphatic heterocycles. The van der Waals surface area contributed by atoms with Gasteiger partial charge in [0.15, 0.2) is 0 Å². The van der Waals surface area contributed by atoms with Crippen LogP contribution >= 0.6 is 11.6 Å². The molecule has 0 radical (unpaired) electrons. The summed E-state index contributed by atoms with van der Waals surface area (Å²) in [4.78, 5) is 3.94. The largest absolute Gasteiger partial charge is 0.394 e. The molecule has 3 N–H and O–H groups in total. The minimum absolute atomic E-state index is 0.180. The maximum absolute atomic E-state index is 9.09. The van der Waals surface area contributed by atoms with Crippen LogP contribution in [0.3, 0.4) is 0 Å². The van der Waals surface area contributed by atoms with E-state index in [-0.39, 0.29) is 18.4 Å². The number of nitriles is 1. The Morgan fingerprint density at radius 1 is 1.50 bits per heavy atom. The van der Waals surface area contributed by atoms with E-state index in [1.807, 2.05) is 6.07 Å². The third kappa shape index (κ3) is 3.07. The van der Waals surface area contributed by atoms with E-state index >= 15 is 0 Å². The van der Waals surface area contributed by atoms with Gasteiger partial charge in [0.25, 0.3) is 0 Å². The number of hydrogen-bond acceptors (Lipinski definition) is 5. The zero-order chi connectivity index (χ0) is 12.2. The molecule has 0 aliphatic carbocycles. The summed E-state index contributed by atoms with van der Waals surface area (Å²) in [5, 5.41) is 29.9. The van der Waals surface area contributed by atoms with Gasteiger partial charge >= 0.3 is 0 Å². The van der Waals surface area contributed by atoms with E-state index in [1.54, 1.807) is 6.92 Å². The van der Waals surface area contributed by atoms with Crippen LogP contribution in [0.15, 0.2) is 12.1 Å². The van der Waals surface area contributed by atoms with Crippen molar-refractivity contribution in [1.29, 1.82) is 5.26 Å². The molecule has 0 bridgehead atoms. The van der Waals surface area contributed by atoms with Crippen LogP contribution in [-0.4, -0.2) is 33.9 Å². The molecule has 16 heavy (non-hydrogen) atoms. The predicted molar refractivity (Wildman–Crippen MR) is 60.2 cm³/mol. The molecule has 1 aromatic rings. The molecular weight excluding hydrogens is 230 g/mol. The normalized spacial score (nSPS) is 10.9. The first-order valence-electron chi connectivity index (χ1n) is 4.60. The maximum Gasteiger partial charge on any atom is 0.132 e. The van der Waals surface area contributed by atoms with Gasteiger partial charge in [-0.25, -0.2) is 4.98 Å². The number of aromatic nitrogens is 1. The van der Waals surface area contributed by atoms with E-state index in [9.17, 15) is 0 Å². The number of aliphatic hydroxyl groups is 2. The second kappa shape index (κ2) is 5.12. The number of anilines is 1. The first-order valence-corrected chi connectivity index (χ1v) is 4.98. The van der Waals surface area contributed by atoms with Gasteiger partial charge in [-0.05, 0) is 19.1 Å². The van der Waals surface area contributed by atoms with Gasteiger partial charge in [-0.1, -0.05) is 11.6 Å². The average molecular weight is 242 g/mol. The second-order valence-electron chi connectivity index (χ2n) is 3.68. The Balaban J connectivity index is 2.97. The summed E-state index contributed by atoms with van der Waals surface area (Å²) < 4.78 is 0. The Bertz CT molecular complexity index is 413. The predicted octanol–water partition coefficient (Wildman–Crippen LogP) is 0.762. The van der Waals surface area contributed by atoms with E-state index in [0.29, 0.717) is 11.4 Å². The van der Waals surface area contributed by atoms with Crippen molar-refractivity contribution in [2.75, 3.05) is 18.5 Å². The average Bonchev–Trinajstić information content (AvgIpc) is 2.28. The third-order valence-corrected chi connectivity index (χ3v) is 2.24. The SMILES string of the molecule is CC(CO)(CO)Nc1cc(C#N)cc(Cl)n1. The highest BCUT2D eigenvalue weighted by Crippen LogP contribution is 2.17. The van der Waals surface area contributed by atoms with Crippen molar-refractivity contribution in [2.24, 2.45) is 0 Å². The molecule has 5 nitrogen and oxygen atoms in total. The van der Waals surface area contributed by atoms with Crippen LogP contribution in [-0.2, 0) is 0 Å². The number of halogens is 1. The van der Waals surface area contributed by atoms with E-state index in [2.05, 4.69) is 10.3 Å². The molecule has 0 unspecified atom stereocenters. The van der Waals surface area contributed by atoms with Gasteiger partial charge in [0.2, 0.25) is 0 Å². The van der Waals surface area contributed by atoms with Gasteiger partial charge in [-0.15, -0.1) is 0 Å². The molecule has 0 atom stereocenters. The third-order valence-electron chi connectivity index (χ3n) is 2.05. The van der Waals surface area contributed by atoms with Gasteiger partial charge in [0.1, 0.15) is 11.0 Å². The Morgan fingerprint density at radius 3 is 2.62 bits per heavy atom. The number of hydrogen-bond donors (Lipinski definition) is 3. The Labute approximate surface area is 98.3 Å². The highest BCUT2D eigenvalue weighted by Gasteiger charge is 2.22. The molecule has 0 spiro atoms. The molecule has 0 saturated heterocycles. The van der Waals surface area contributed by atoms with E-state index in [1.165, 1.54) is 12.1 Å². The molecule has 1 rings (SSSR count). The summed E-state index contributed by atoms with van der Waals surface area (Å²) in [6.45, 7) is 1.10. The van der Waals surface area contributed by atoms with Crippen LogP contribution in [0.4, 0.5) is 5.82 Å². The summed E-state index contributed by atoms with van der Waals surface area (Å²) in [6, 6.07) is 4.87. The van der Waals surface area contributed by atoms with E-state index in [0.717, 1.165) is 0 Å². The van der Waals surface area contributed by atoms with Crippen LogP contribution in [0.2, 0.25) is 5.15 Å². The van der Waals surface area contributed by atoms with E-state index < -0.39 is 5.54 Å². The summed E-state index contributed by atoms with van der Waals surface area (Å²) in [5.41, 5.74) is -0.537. The number of rotatable bonds is 4. The van der Waals surface area contributed by atoms with Crippen molar-refractivity contribution in [3.8, 4) is 6.07 Å². The fourth-order valence-electron chi connectivity index (χ4n) is 1.06. The Morgan fingerprint density at radius 2 is 2.12 bits per heavy atom. The number of aliphatic hydroxyl groups excluding tert-OH is 2. The van der Waals surface area contributed by atoms with Crippen LogP contribution < -0.4 is 5.32 Å². The summed E-state index contributed by atoms with van der Waals surface area (Å²) in [5.74, 6) is 0.342. The Kier molecular flexibility index (Phi) is 4.07. The van der Waals surface area contributed by atoms with Gasteiger partial charge < -0.3 is 15.5 Å². The topological polar surface area (TPSA) is 89.2 Å². The number of pyridine rings is 1. The van der Waals surface area contributed by atoms with Crippen molar-refractivity contribution >= 4 is 17.4 Å². The zero-order valence-electron chi connectivity index (χ0n) is 8.74. The molecule has 1 heterocycles. The van der Waals surface area contributed by atoms with Gasteiger partial charge in [-0.2, -0.15) is 5.26 Å². The van der Waals surface area contributed by atoms with Gasteiger partial charge in [0.05, 0.1) is 30.4 Å². The summed E-state index contributed by atoms with van der Waals surface area (Å²) >= 11 is 5.72. The van der Waals surface area contributed by atoms with Crippen LogP contribution in [0.1, 0.15) is 12.5 Å². The fraction of sp³-hybridized carbons (Fsp3) is 0.400. The molecular formula is C10H12ClN3O2. The van der Waals surface area contributed by atoms with Crippen molar-refractivity contribution in [3.63, 3.8) is 0 Å². The highest BCUT2D eigenvalue weighted by molar-refractivity contribution is 6.29. The monoisotopic (exact) mass is 241 g/mol. The lowest BCUT2D eigenvalue weighted by atomic mass is 10.1. The molecule has 0 amide bonds. The van der Waals surface area contributed by atoms with Crippen molar-refractivity contribution in [3.05, 3.63) is 22.8 Å². The fourth-order valence-corrected chi connectivity index (χ4v) is 1.27. The van der Waals surface area contributed by atoms with Crippen molar-refractivity contribution < 1.29 is 10.2 Å². The zero-order valence-corrected chi connectivity index (χ0v) is 9.49. The lowest BCUT2D eigenvalue weighted by Crippen LogP contribution is -2.42. The van der Waals surface area contributed by atoms with E-state index in [4.69, 9.17) is 27.1 Å². The summed E-state index contributed by atoms with van der Waals surface area (Å²) in [6.07, 6.45) is 0. The first kappa shape index (κ1) is 12.7. The summed E-state index contributed by atoms with van der Waals surface area (Å²) in [7, 11) is 0. The number of nitrogens with zero attached hydrogens (tertiary/aromatic N) is 2. The molecule has 0 saturated carbocycles. The lowest BCUT2D eigenvalue weighted by Gasteiger charge is -2.26. The molecule has 6 heteroatoms. The molecule has 86 valence electrons. The maximum atomic E-state index is 9.09. The number of nitrogens with one attached hydrogen (secondary N) is 1. The molecule has 0 fully saturated rings. The minimum atomic E-state index is -0.898. The second-order valence-corrected chi connectivity index (χ2v) is 4.06. The quantitative estimate of drug-likeness (QED) is 0.678. The van der Waals surface area contributed by atoms with Crippen LogP contribution in [0.5, 0.6) is 0 Å². The smallest absolute Gasteiger partial charge is 0.132 e. The molecule has 0 aliphatic rings. The standard InChI is InChI=1S/C10H12ClN3O2/c1-10(5-15,6-16)14-9-3-7(4-12)2-8(11)13-9/h2-3,15-16H,5-6H2,1H3,(H,13,14). The molecule has 0 aromatic carbocycles. The lowest BCUT2D eigenvalue weighted by molar-refractivity contribution is 0.147.